The number of hydrogen-bond acceptors (Lipinski definition) is 4. The van der Waals surface area contributed by atoms with Crippen LogP contribution in [0.1, 0.15) is 15.9 Å². The summed E-state index contributed by atoms with van der Waals surface area (Å²) in [6.45, 7) is 0. The van der Waals surface area contributed by atoms with Crippen molar-refractivity contribution in [1.82, 2.24) is 0 Å². The molecular weight excluding hydrogens is 438 g/mol. The summed E-state index contributed by atoms with van der Waals surface area (Å²) in [6, 6.07) is 3.57. The van der Waals surface area contributed by atoms with Crippen LogP contribution in [0.25, 0.3) is 0 Å². The van der Waals surface area contributed by atoms with Gasteiger partial charge in [0.05, 0.1) is 25.5 Å². The number of benzene rings is 2. The molecule has 0 N–H and O–H groups in total. The van der Waals surface area contributed by atoms with Gasteiger partial charge >= 0.3 is 17.8 Å². The van der Waals surface area contributed by atoms with Crippen molar-refractivity contribution in [2.24, 2.45) is 0 Å². The zero-order chi connectivity index (χ0) is 18.9. The van der Waals surface area contributed by atoms with Crippen molar-refractivity contribution in [3.05, 3.63) is 66.9 Å². The molecule has 25 heavy (non-hydrogen) atoms. The summed E-state index contributed by atoms with van der Waals surface area (Å²) in [5.74, 6) is -2.69. The third-order valence-corrected chi connectivity index (χ3v) is 3.78. The molecule has 0 fully saturated rings. The monoisotopic (exact) mass is 441 g/mol. The van der Waals surface area contributed by atoms with E-state index in [0.29, 0.717) is 6.07 Å². The average molecular weight is 443 g/mol. The van der Waals surface area contributed by atoms with Gasteiger partial charge in [-0.2, -0.15) is 13.2 Å². The Labute approximate surface area is 150 Å². The molecule has 0 aliphatic carbocycles. The highest BCUT2D eigenvalue weighted by Crippen LogP contribution is 2.41. The molecule has 0 saturated heterocycles. The number of rotatable bonds is 3. The average Bonchev–Trinajstić information content (AvgIpc) is 2.50. The molecule has 0 atom stereocenters. The van der Waals surface area contributed by atoms with Crippen LogP contribution < -0.4 is 4.74 Å². The van der Waals surface area contributed by atoms with Crippen molar-refractivity contribution in [3.63, 3.8) is 0 Å². The predicted molar refractivity (Wildman–Crippen MR) is 82.2 cm³/mol. The lowest BCUT2D eigenvalue weighted by Crippen LogP contribution is -2.12. The highest BCUT2D eigenvalue weighted by molar-refractivity contribution is 9.10. The van der Waals surface area contributed by atoms with Crippen molar-refractivity contribution < 1.29 is 32.0 Å². The first-order valence-corrected chi connectivity index (χ1v) is 7.40. The number of alkyl halides is 3. The number of nitrogens with zero attached hydrogens (tertiary/aromatic N) is 1. The molecular formula is C14H5BrClF4NO4. The highest BCUT2D eigenvalue weighted by Gasteiger charge is 2.35. The van der Waals surface area contributed by atoms with Gasteiger partial charge in [0.25, 0.3) is 0 Å². The van der Waals surface area contributed by atoms with Gasteiger partial charge < -0.3 is 4.74 Å². The molecule has 11 heteroatoms. The third-order valence-electron chi connectivity index (χ3n) is 2.90. The van der Waals surface area contributed by atoms with Gasteiger partial charge in [0.2, 0.25) is 5.75 Å². The van der Waals surface area contributed by atoms with E-state index in [1.54, 1.807) is 0 Å². The lowest BCUT2D eigenvalue weighted by Gasteiger charge is -2.11. The summed E-state index contributed by atoms with van der Waals surface area (Å²) in [7, 11) is 0. The van der Waals surface area contributed by atoms with Crippen molar-refractivity contribution in [1.29, 1.82) is 0 Å². The maximum atomic E-state index is 13.1. The quantitative estimate of drug-likeness (QED) is 0.210. The topological polar surface area (TPSA) is 69.4 Å². The Balaban J connectivity index is 2.46. The van der Waals surface area contributed by atoms with E-state index in [9.17, 15) is 32.5 Å². The standard InChI is InChI=1S/C14H5BrClF4NO4/c15-8-4-7(14(18,19)20)5-11(21(23)24)12(8)25-13(22)6-1-2-10(17)9(16)3-6/h1-5H. The molecule has 0 aliphatic rings. The number of halogens is 6. The summed E-state index contributed by atoms with van der Waals surface area (Å²) in [4.78, 5) is 21.9. The predicted octanol–water partition coefficient (Wildman–Crippen LogP) is 5.39. The molecule has 0 unspecified atom stereocenters. The Hall–Kier alpha value is -2.20. The molecule has 0 spiro atoms. The highest BCUT2D eigenvalue weighted by atomic mass is 79.9. The minimum absolute atomic E-state index is 0.241. The number of esters is 1. The molecule has 0 aliphatic heterocycles. The molecule has 0 heterocycles. The summed E-state index contributed by atoms with van der Waals surface area (Å²) >= 11 is 8.24. The fraction of sp³-hybridized carbons (Fsp3) is 0.0714. The van der Waals surface area contributed by atoms with Crippen molar-refractivity contribution in [3.8, 4) is 5.75 Å². The lowest BCUT2D eigenvalue weighted by atomic mass is 10.1. The van der Waals surface area contributed by atoms with Crippen LogP contribution in [0.3, 0.4) is 0 Å². The number of nitro benzene ring substituents is 1. The summed E-state index contributed by atoms with van der Waals surface area (Å²) < 4.78 is 55.7. The second-order valence-corrected chi connectivity index (χ2v) is 5.84. The molecule has 0 aromatic heterocycles. The van der Waals surface area contributed by atoms with Crippen LogP contribution in [0.15, 0.2) is 34.8 Å². The Morgan fingerprint density at radius 1 is 1.24 bits per heavy atom. The van der Waals surface area contributed by atoms with Gasteiger partial charge in [0, 0.05) is 6.07 Å². The molecule has 0 radical (unpaired) electrons. The summed E-state index contributed by atoms with van der Waals surface area (Å²) in [5.41, 5.74) is -2.61. The zero-order valence-corrected chi connectivity index (χ0v) is 14.1. The van der Waals surface area contributed by atoms with Gasteiger partial charge in [-0.1, -0.05) is 11.6 Å². The fourth-order valence-electron chi connectivity index (χ4n) is 1.75. The van der Waals surface area contributed by atoms with Crippen LogP contribution in [0, 0.1) is 15.9 Å². The molecule has 132 valence electrons. The van der Waals surface area contributed by atoms with Gasteiger partial charge in [-0.05, 0) is 40.2 Å². The number of hydrogen-bond donors (Lipinski definition) is 0. The van der Waals surface area contributed by atoms with E-state index in [0.717, 1.165) is 18.2 Å². The first-order chi connectivity index (χ1) is 11.5. The van der Waals surface area contributed by atoms with E-state index >= 15 is 0 Å². The van der Waals surface area contributed by atoms with Crippen LogP contribution in [-0.4, -0.2) is 10.9 Å². The number of carbonyl (C=O) groups excluding carboxylic acids is 1. The van der Waals surface area contributed by atoms with E-state index < -0.39 is 49.4 Å². The van der Waals surface area contributed by atoms with Crippen molar-refractivity contribution in [2.45, 2.75) is 6.18 Å². The minimum atomic E-state index is -4.83. The van der Waals surface area contributed by atoms with E-state index in [1.165, 1.54) is 0 Å². The van der Waals surface area contributed by atoms with Crippen LogP contribution in [0.4, 0.5) is 23.2 Å². The maximum absolute atomic E-state index is 13.1. The van der Waals surface area contributed by atoms with Crippen LogP contribution in [-0.2, 0) is 6.18 Å². The van der Waals surface area contributed by atoms with Crippen LogP contribution >= 0.6 is 27.5 Å². The fourth-order valence-corrected chi connectivity index (χ4v) is 2.47. The third kappa shape index (κ3) is 4.26. The second kappa shape index (κ2) is 6.96. The Kier molecular flexibility index (Phi) is 5.33. The van der Waals surface area contributed by atoms with Gasteiger partial charge in [-0.15, -0.1) is 0 Å². The largest absolute Gasteiger partial charge is 0.416 e. The SMILES string of the molecule is O=C(Oc1c(Br)cc(C(F)(F)F)cc1[N+](=O)[O-])c1ccc(F)c(Cl)c1. The Morgan fingerprint density at radius 3 is 2.40 bits per heavy atom. The molecule has 2 aromatic carbocycles. The first-order valence-electron chi connectivity index (χ1n) is 6.23. The molecule has 5 nitrogen and oxygen atoms in total. The molecule has 0 bridgehead atoms. The lowest BCUT2D eigenvalue weighted by molar-refractivity contribution is -0.385. The van der Waals surface area contributed by atoms with Gasteiger partial charge in [-0.25, -0.2) is 9.18 Å². The van der Waals surface area contributed by atoms with Crippen LogP contribution in [0.2, 0.25) is 5.02 Å². The zero-order valence-electron chi connectivity index (χ0n) is 11.7. The normalized spacial score (nSPS) is 11.3. The van der Waals surface area contributed by atoms with Crippen molar-refractivity contribution in [2.75, 3.05) is 0 Å². The second-order valence-electron chi connectivity index (χ2n) is 4.58. The first kappa shape index (κ1) is 19.1. The maximum Gasteiger partial charge on any atom is 0.416 e. The Bertz CT molecular complexity index is 873. The minimum Gasteiger partial charge on any atom is -0.414 e. The summed E-state index contributed by atoms with van der Waals surface area (Å²) in [6.07, 6.45) is -4.83. The van der Waals surface area contributed by atoms with E-state index in [-0.39, 0.29) is 11.6 Å². The molecule has 2 aromatic rings. The van der Waals surface area contributed by atoms with Gasteiger partial charge in [0.15, 0.2) is 0 Å². The van der Waals surface area contributed by atoms with Crippen molar-refractivity contribution >= 4 is 39.2 Å². The summed E-state index contributed by atoms with van der Waals surface area (Å²) in [5, 5.41) is 10.6. The van der Waals surface area contributed by atoms with E-state index in [2.05, 4.69) is 15.9 Å². The number of nitro groups is 1. The van der Waals surface area contributed by atoms with Crippen LogP contribution in [0.5, 0.6) is 5.75 Å². The Morgan fingerprint density at radius 2 is 1.88 bits per heavy atom. The van der Waals surface area contributed by atoms with E-state index in [1.807, 2.05) is 0 Å². The number of ether oxygens (including phenoxy) is 1. The molecule has 2 rings (SSSR count). The van der Waals surface area contributed by atoms with Gasteiger partial charge in [0.1, 0.15) is 5.82 Å². The number of carbonyl (C=O) groups is 1. The smallest absolute Gasteiger partial charge is 0.414 e. The molecule has 0 amide bonds. The van der Waals surface area contributed by atoms with E-state index in [4.69, 9.17) is 16.3 Å². The molecule has 0 saturated carbocycles. The van der Waals surface area contributed by atoms with Gasteiger partial charge in [-0.3, -0.25) is 10.1 Å².